The highest BCUT2D eigenvalue weighted by Gasteiger charge is 2.01. The van der Waals surface area contributed by atoms with Gasteiger partial charge in [-0.1, -0.05) is 23.2 Å². The van der Waals surface area contributed by atoms with Crippen LogP contribution in [0.25, 0.3) is 0 Å². The molecule has 0 bridgehead atoms. The van der Waals surface area contributed by atoms with E-state index in [9.17, 15) is 0 Å². The van der Waals surface area contributed by atoms with E-state index in [-0.39, 0.29) is 0 Å². The zero-order chi connectivity index (χ0) is 15.4. The number of hydrogen-bond donors (Lipinski definition) is 1. The summed E-state index contributed by atoms with van der Waals surface area (Å²) in [5, 5.41) is 0.940. The Morgan fingerprint density at radius 1 is 0.900 bits per heavy atom. The number of halogens is 3. The number of nitrogens with two attached hydrogens (primary N) is 1. The number of anilines is 1. The van der Waals surface area contributed by atoms with Crippen molar-refractivity contribution in [3.63, 3.8) is 0 Å². The summed E-state index contributed by atoms with van der Waals surface area (Å²) in [5.41, 5.74) is 10.1. The summed E-state index contributed by atoms with van der Waals surface area (Å²) in [6, 6.07) is 3.89. The molecule has 0 fully saturated rings. The van der Waals surface area contributed by atoms with Gasteiger partial charge in [-0.2, -0.15) is 0 Å². The van der Waals surface area contributed by atoms with Gasteiger partial charge in [-0.3, -0.25) is 0 Å². The number of nitrogens with zero attached hydrogens (tertiary/aromatic N) is 2. The van der Waals surface area contributed by atoms with Crippen LogP contribution >= 0.6 is 39.1 Å². The van der Waals surface area contributed by atoms with Crippen molar-refractivity contribution in [1.29, 1.82) is 0 Å². The Kier molecular flexibility index (Phi) is 6.24. The van der Waals surface area contributed by atoms with Crippen molar-refractivity contribution in [1.82, 2.24) is 9.97 Å². The van der Waals surface area contributed by atoms with Crippen molar-refractivity contribution in [2.75, 3.05) is 5.73 Å². The fourth-order valence-electron chi connectivity index (χ4n) is 1.58. The van der Waals surface area contributed by atoms with Crippen LogP contribution in [0.1, 0.15) is 22.5 Å². The summed E-state index contributed by atoms with van der Waals surface area (Å²) in [4.78, 5) is 8.03. The maximum Gasteiger partial charge on any atom is 0.152 e. The lowest BCUT2D eigenvalue weighted by Crippen LogP contribution is -1.94. The van der Waals surface area contributed by atoms with E-state index in [4.69, 9.17) is 28.9 Å². The van der Waals surface area contributed by atoms with Gasteiger partial charge in [-0.15, -0.1) is 0 Å². The third kappa shape index (κ3) is 4.62. The van der Waals surface area contributed by atoms with E-state index in [1.54, 1.807) is 0 Å². The predicted molar refractivity (Wildman–Crippen MR) is 89.6 cm³/mol. The first kappa shape index (κ1) is 17.2. The van der Waals surface area contributed by atoms with Gasteiger partial charge in [0.2, 0.25) is 0 Å². The Bertz CT molecular complexity index is 528. The Morgan fingerprint density at radius 2 is 1.35 bits per heavy atom. The van der Waals surface area contributed by atoms with Crippen LogP contribution in [0.4, 0.5) is 5.69 Å². The zero-order valence-electron chi connectivity index (χ0n) is 11.8. The van der Waals surface area contributed by atoms with E-state index < -0.39 is 0 Å². The van der Waals surface area contributed by atoms with Crippen LogP contribution in [-0.4, -0.2) is 9.97 Å². The van der Waals surface area contributed by atoms with Crippen molar-refractivity contribution in [2.45, 2.75) is 27.7 Å². The summed E-state index contributed by atoms with van der Waals surface area (Å²) in [5.74, 6) is 0. The molecule has 0 atom stereocenters. The molecule has 3 nitrogen and oxygen atoms in total. The van der Waals surface area contributed by atoms with Crippen LogP contribution in [0, 0.1) is 27.7 Å². The Labute approximate surface area is 137 Å². The molecule has 0 aromatic carbocycles. The summed E-state index contributed by atoms with van der Waals surface area (Å²) in [6.07, 6.45) is 0. The van der Waals surface area contributed by atoms with Gasteiger partial charge in [-0.05, 0) is 66.9 Å². The second kappa shape index (κ2) is 7.25. The summed E-state index contributed by atoms with van der Waals surface area (Å²) >= 11 is 14.8. The molecule has 6 heteroatoms. The smallest absolute Gasteiger partial charge is 0.152 e. The lowest BCUT2D eigenvalue weighted by atomic mass is 10.2. The summed E-state index contributed by atoms with van der Waals surface area (Å²) in [6.45, 7) is 7.71. The molecule has 0 unspecified atom stereocenters. The van der Waals surface area contributed by atoms with Crippen molar-refractivity contribution < 1.29 is 0 Å². The molecule has 0 spiro atoms. The number of aryl methyl sites for hydroxylation is 4. The lowest BCUT2D eigenvalue weighted by molar-refractivity contribution is 1.16. The van der Waals surface area contributed by atoms with E-state index in [2.05, 4.69) is 25.9 Å². The maximum absolute atomic E-state index is 5.76. The van der Waals surface area contributed by atoms with Gasteiger partial charge in [0.05, 0.1) is 10.2 Å². The molecule has 0 aliphatic rings. The average molecular weight is 377 g/mol. The molecule has 0 aliphatic carbocycles. The molecule has 2 aromatic heterocycles. The Balaban J connectivity index is 0.000000200. The third-order valence-electron chi connectivity index (χ3n) is 2.57. The second-order valence-electron chi connectivity index (χ2n) is 4.47. The molecule has 0 saturated carbocycles. The van der Waals surface area contributed by atoms with Crippen LogP contribution in [0.5, 0.6) is 0 Å². The van der Waals surface area contributed by atoms with Crippen LogP contribution in [0.3, 0.4) is 0 Å². The van der Waals surface area contributed by atoms with Gasteiger partial charge in [0, 0.05) is 11.4 Å². The summed E-state index contributed by atoms with van der Waals surface area (Å²) in [7, 11) is 0. The Hall–Kier alpha value is -0.840. The quantitative estimate of drug-likeness (QED) is 0.654. The minimum atomic E-state index is 0.400. The van der Waals surface area contributed by atoms with Gasteiger partial charge >= 0.3 is 0 Å². The first-order valence-electron chi connectivity index (χ1n) is 5.90. The lowest BCUT2D eigenvalue weighted by Gasteiger charge is -2.01. The van der Waals surface area contributed by atoms with Crippen molar-refractivity contribution in [3.8, 4) is 0 Å². The van der Waals surface area contributed by atoms with Crippen LogP contribution in [0.2, 0.25) is 10.3 Å². The molecule has 0 amide bonds. The monoisotopic (exact) mass is 375 g/mol. The SMILES string of the molecule is Cc1cc(C)c(Br)c(Cl)n1.Cc1cc(C)c(N)c(Cl)n1. The highest BCUT2D eigenvalue weighted by molar-refractivity contribution is 9.10. The number of aromatic nitrogens is 2. The molecule has 0 radical (unpaired) electrons. The molecule has 20 heavy (non-hydrogen) atoms. The topological polar surface area (TPSA) is 51.8 Å². The summed E-state index contributed by atoms with van der Waals surface area (Å²) < 4.78 is 0.889. The molecule has 2 rings (SSSR count). The minimum absolute atomic E-state index is 0.400. The molecule has 0 saturated heterocycles. The molecule has 2 heterocycles. The van der Waals surface area contributed by atoms with Gasteiger partial charge in [-0.25, -0.2) is 9.97 Å². The molecule has 0 aliphatic heterocycles. The molecule has 2 aromatic rings. The molecular formula is C14H16BrCl2N3. The maximum atomic E-state index is 5.76. The van der Waals surface area contributed by atoms with Crippen LogP contribution in [-0.2, 0) is 0 Å². The van der Waals surface area contributed by atoms with Crippen molar-refractivity contribution in [2.24, 2.45) is 0 Å². The van der Waals surface area contributed by atoms with Crippen LogP contribution < -0.4 is 5.73 Å². The van der Waals surface area contributed by atoms with Gasteiger partial charge < -0.3 is 5.73 Å². The highest BCUT2D eigenvalue weighted by atomic mass is 79.9. The first-order valence-corrected chi connectivity index (χ1v) is 7.45. The zero-order valence-corrected chi connectivity index (χ0v) is 14.9. The minimum Gasteiger partial charge on any atom is -0.396 e. The highest BCUT2D eigenvalue weighted by Crippen LogP contribution is 2.24. The van der Waals surface area contributed by atoms with E-state index in [0.717, 1.165) is 27.0 Å². The van der Waals surface area contributed by atoms with Crippen LogP contribution in [0.15, 0.2) is 16.6 Å². The molecular weight excluding hydrogens is 361 g/mol. The fourth-order valence-corrected chi connectivity index (χ4v) is 2.34. The van der Waals surface area contributed by atoms with Gasteiger partial charge in [0.15, 0.2) is 5.15 Å². The molecule has 108 valence electrons. The fraction of sp³-hybridized carbons (Fsp3) is 0.286. The third-order valence-corrected chi connectivity index (χ3v) is 4.37. The van der Waals surface area contributed by atoms with Gasteiger partial charge in [0.1, 0.15) is 5.15 Å². The standard InChI is InChI=1S/C7H7BrClN.C7H9ClN2/c1-4-3-5(2)10-7(9)6(4)8;1-4-3-5(2)10-7(8)6(4)9/h3H,1-2H3;3H,9H2,1-2H3. The number of rotatable bonds is 0. The predicted octanol–water partition coefficient (Wildman–Crippen LogP) is 5.05. The first-order chi connectivity index (χ1) is 9.22. The Morgan fingerprint density at radius 3 is 1.80 bits per heavy atom. The number of hydrogen-bond acceptors (Lipinski definition) is 3. The number of pyridine rings is 2. The van der Waals surface area contributed by atoms with Crippen molar-refractivity contribution >= 4 is 44.8 Å². The van der Waals surface area contributed by atoms with E-state index in [1.807, 2.05) is 39.8 Å². The van der Waals surface area contributed by atoms with Gasteiger partial charge in [0.25, 0.3) is 0 Å². The number of nitrogen functional groups attached to an aromatic ring is 1. The molecule has 2 N–H and O–H groups in total. The second-order valence-corrected chi connectivity index (χ2v) is 5.98. The average Bonchev–Trinajstić information content (AvgIpc) is 2.33. The largest absolute Gasteiger partial charge is 0.396 e. The van der Waals surface area contributed by atoms with Crippen molar-refractivity contribution in [3.05, 3.63) is 49.4 Å². The normalized spacial score (nSPS) is 9.95. The van der Waals surface area contributed by atoms with E-state index >= 15 is 0 Å². The van der Waals surface area contributed by atoms with E-state index in [0.29, 0.717) is 16.0 Å². The van der Waals surface area contributed by atoms with E-state index in [1.165, 1.54) is 0 Å².